The van der Waals surface area contributed by atoms with Crippen LogP contribution in [0.4, 0.5) is 0 Å². The Morgan fingerprint density at radius 1 is 0.407 bits per heavy atom. The largest absolute Gasteiger partial charge is 0.494 e. The van der Waals surface area contributed by atoms with E-state index >= 15 is 0 Å². The van der Waals surface area contributed by atoms with Crippen LogP contribution in [0.3, 0.4) is 0 Å². The molecule has 8 aliphatic rings. The molecule has 28 nitrogen and oxygen atoms in total. The third-order valence-electron chi connectivity index (χ3n) is 19.6. The molecule has 12 aromatic rings. The zero-order chi connectivity index (χ0) is 81.1. The molecule has 5 N–H and O–H groups in total. The van der Waals surface area contributed by atoms with Crippen molar-refractivity contribution >= 4 is 58.3 Å². The van der Waals surface area contributed by atoms with Gasteiger partial charge in [-0.2, -0.15) is 15.3 Å². The van der Waals surface area contributed by atoms with Gasteiger partial charge in [-0.05, 0) is 213 Å². The van der Waals surface area contributed by atoms with Crippen molar-refractivity contribution in [3.8, 4) is 74.5 Å². The Balaban J connectivity index is 0.000000139. The van der Waals surface area contributed by atoms with Crippen molar-refractivity contribution in [2.75, 3.05) is 39.6 Å². The summed E-state index contributed by atoms with van der Waals surface area (Å²) in [6.07, 6.45) is 23.9. The summed E-state index contributed by atoms with van der Waals surface area (Å²) in [5.74, 6) is 0.863. The fourth-order valence-corrected chi connectivity index (χ4v) is 13.0. The van der Waals surface area contributed by atoms with Crippen molar-refractivity contribution in [1.82, 2.24) is 70.9 Å². The molecule has 3 atom stereocenters. The van der Waals surface area contributed by atoms with Gasteiger partial charge < -0.3 is 59.8 Å². The first-order chi connectivity index (χ1) is 57.8. The SMILES string of the molecule is O=C(NC1CC1)C(=O)[C@@H]1Cc2ccc(cc2)OC/C=C/COc2cccc(c2)-c2ccn(n2)-c2ncccc2C(=O)N1.O=C(NC1CC1)C(=O)[C@@H]1Cc2ccc(cc2)OCCCCOc2cccc(c2)-c2ccn(n2)-c2ncccc2C(=O)N1.O=C[C@@H]1Cc2ccc(cc2)OCC=CCOc2ccc3nn(cc3c2)-c2ncccc2C(=O)N1. The highest BCUT2D eigenvalue weighted by atomic mass is 16.5. The molecule has 0 saturated heterocycles. The molecule has 2 saturated carbocycles. The summed E-state index contributed by atoms with van der Waals surface area (Å²) in [4.78, 5) is 117. The van der Waals surface area contributed by atoms with E-state index in [2.05, 4.69) is 56.8 Å². The van der Waals surface area contributed by atoms with Gasteiger partial charge in [0.2, 0.25) is 11.6 Å². The summed E-state index contributed by atoms with van der Waals surface area (Å²) in [6, 6.07) is 53.4. The summed E-state index contributed by atoms with van der Waals surface area (Å²) in [6.45, 7) is 2.62. The number of aromatic nitrogens is 9. The second-order valence-electron chi connectivity index (χ2n) is 28.4. The van der Waals surface area contributed by atoms with Crippen molar-refractivity contribution in [3.63, 3.8) is 0 Å². The lowest BCUT2D eigenvalue weighted by Gasteiger charge is -2.19. The molecule has 596 valence electrons. The fraction of sp³-hybridized carbons (Fsp3) is 0.222. The second-order valence-corrected chi connectivity index (χ2v) is 28.4. The van der Waals surface area contributed by atoms with Crippen molar-refractivity contribution in [3.05, 3.63) is 283 Å². The minimum atomic E-state index is -1.09. The number of aldehydes is 1. The van der Waals surface area contributed by atoms with E-state index in [4.69, 9.17) is 28.4 Å². The maximum Gasteiger partial charge on any atom is 0.289 e. The Labute approximate surface area is 677 Å². The van der Waals surface area contributed by atoms with Crippen molar-refractivity contribution in [2.24, 2.45) is 0 Å². The molecule has 0 unspecified atom stereocenters. The average Bonchev–Trinajstić information content (AvgIpc) is 1.62. The fourth-order valence-electron chi connectivity index (χ4n) is 13.0. The molecule has 12 heterocycles. The van der Waals surface area contributed by atoms with E-state index in [0.29, 0.717) is 103 Å². The highest BCUT2D eigenvalue weighted by Gasteiger charge is 2.35. The van der Waals surface area contributed by atoms with Crippen LogP contribution in [0.25, 0.3) is 50.9 Å². The molecule has 118 heavy (non-hydrogen) atoms. The van der Waals surface area contributed by atoms with Crippen LogP contribution in [0.1, 0.15) is 86.3 Å². The number of ether oxygens (including phenoxy) is 6. The maximum atomic E-state index is 13.6. The quantitative estimate of drug-likeness (QED) is 0.0562. The molecule has 0 radical (unpaired) electrons. The van der Waals surface area contributed by atoms with Crippen LogP contribution >= 0.6 is 0 Å². The van der Waals surface area contributed by atoms with E-state index in [1.165, 1.54) is 9.36 Å². The molecule has 6 aromatic carbocycles. The number of ketones is 2. The van der Waals surface area contributed by atoms with E-state index < -0.39 is 59.2 Å². The molecule has 6 aliphatic heterocycles. The number of amides is 5. The van der Waals surface area contributed by atoms with E-state index in [1.54, 1.807) is 90.4 Å². The van der Waals surface area contributed by atoms with Crippen LogP contribution in [0.5, 0.6) is 34.5 Å². The van der Waals surface area contributed by atoms with Crippen LogP contribution in [0.2, 0.25) is 0 Å². The Morgan fingerprint density at radius 2 is 0.805 bits per heavy atom. The summed E-state index contributed by atoms with van der Waals surface area (Å²) < 4.78 is 39.6. The highest BCUT2D eigenvalue weighted by molar-refractivity contribution is 6.39. The minimum absolute atomic E-state index is 0.00909. The summed E-state index contributed by atoms with van der Waals surface area (Å²) >= 11 is 0. The maximum absolute atomic E-state index is 13.6. The Bertz CT molecular complexity index is 5690. The number of nitrogens with one attached hydrogen (secondary N) is 5. The van der Waals surface area contributed by atoms with E-state index in [-0.39, 0.29) is 41.9 Å². The molecule has 17 bridgehead atoms. The summed E-state index contributed by atoms with van der Waals surface area (Å²) in [5.41, 5.74) is 6.96. The number of fused-ring (bicyclic) bond motifs is 28. The Morgan fingerprint density at radius 3 is 1.26 bits per heavy atom. The summed E-state index contributed by atoms with van der Waals surface area (Å²) in [7, 11) is 0. The molecule has 5 amide bonds. The van der Waals surface area contributed by atoms with Gasteiger partial charge in [-0.25, -0.2) is 29.0 Å². The van der Waals surface area contributed by atoms with E-state index in [1.807, 2.05) is 164 Å². The first-order valence-corrected chi connectivity index (χ1v) is 38.8. The monoisotopic (exact) mass is 1580 g/mol. The van der Waals surface area contributed by atoms with Crippen LogP contribution in [0.15, 0.2) is 250 Å². The van der Waals surface area contributed by atoms with Gasteiger partial charge in [-0.1, -0.05) is 60.7 Å². The highest BCUT2D eigenvalue weighted by Crippen LogP contribution is 2.30. The standard InChI is InChI=1S/C32H31N5O5.C32H29N5O5.C26H22N4O4/c2*38-29(32(40)34-23-10-11-23)28-19-21-8-12-24(13-9-21)41-17-1-2-18-42-25-6-3-5-22(20-25)27-14-16-37(36-27)30-26(31(39)35-28)7-4-15-33-30;31-17-20-14-18-5-7-21(8-6-18)33-12-1-2-13-34-22-9-10-24-19(15-22)16-30(29-24)25-23(26(32)28-20)4-3-11-27-25/h3-9,12-16,20,23,28H,1-2,10-11,17-19H2,(H,34,40)(H,35,39);1-9,12-16,20,23,28H,10-11,17-19H2,(H,34,40)(H,35,39);1-11,15-17,20H,12-14H2,(H,28,32)/b;2-1+;/t2*28-;20-/m000/s1. The molecule has 6 aromatic heterocycles. The number of rotatable bonds is 7. The first kappa shape index (κ1) is 78.6. The second kappa shape index (κ2) is 37.5. The van der Waals surface area contributed by atoms with Crippen LogP contribution in [0, 0.1) is 0 Å². The van der Waals surface area contributed by atoms with Gasteiger partial charge in [0, 0.05) is 78.6 Å². The van der Waals surface area contributed by atoms with E-state index in [9.17, 15) is 38.4 Å². The number of hydrogen-bond donors (Lipinski definition) is 5. The number of benzene rings is 6. The molecule has 2 fully saturated rings. The van der Waals surface area contributed by atoms with Crippen LogP contribution in [-0.4, -0.2) is 162 Å². The predicted octanol–water partition coefficient (Wildman–Crippen LogP) is 10.4. The molecule has 0 spiro atoms. The minimum Gasteiger partial charge on any atom is -0.494 e. The number of carbonyl (C=O) groups excluding carboxylic acids is 8. The van der Waals surface area contributed by atoms with E-state index in [0.717, 1.165) is 89.3 Å². The smallest absolute Gasteiger partial charge is 0.289 e. The number of hydrogen-bond acceptors (Lipinski definition) is 20. The molecule has 28 heteroatoms. The van der Waals surface area contributed by atoms with Gasteiger partial charge in [0.1, 0.15) is 79.3 Å². The summed E-state index contributed by atoms with van der Waals surface area (Å²) in [5, 5.41) is 28.6. The molecule has 2 aliphatic carbocycles. The van der Waals surface area contributed by atoms with Crippen molar-refractivity contribution < 1.29 is 66.8 Å². The third-order valence-corrected chi connectivity index (χ3v) is 19.6. The number of Topliss-reactive ketones (excluding diaryl/α,β-unsaturated/α-hetero) is 2. The van der Waals surface area contributed by atoms with Gasteiger partial charge in [-0.15, -0.1) is 0 Å². The van der Waals surface area contributed by atoms with Crippen molar-refractivity contribution in [2.45, 2.75) is 88.0 Å². The van der Waals surface area contributed by atoms with Gasteiger partial charge >= 0.3 is 0 Å². The van der Waals surface area contributed by atoms with Gasteiger partial charge in [0.05, 0.1) is 52.9 Å². The first-order valence-electron chi connectivity index (χ1n) is 38.8. The number of pyridine rings is 3. The average molecular weight is 1580 g/mol. The van der Waals surface area contributed by atoms with Gasteiger partial charge in [-0.3, -0.25) is 33.6 Å². The topological polar surface area (TPSA) is 344 Å². The lowest BCUT2D eigenvalue weighted by atomic mass is 10.0. The van der Waals surface area contributed by atoms with Crippen LogP contribution in [-0.2, 0) is 43.2 Å². The predicted molar refractivity (Wildman–Crippen MR) is 436 cm³/mol. The molecular formula is C90H82N14O14. The number of carbonyl (C=O) groups is 8. The third kappa shape index (κ3) is 20.6. The zero-order valence-electron chi connectivity index (χ0n) is 64.0. The van der Waals surface area contributed by atoms with Gasteiger partial charge in [0.25, 0.3) is 29.5 Å². The molecular weight excluding hydrogens is 1500 g/mol. The molecule has 20 rings (SSSR count). The lowest BCUT2D eigenvalue weighted by molar-refractivity contribution is -0.139. The normalized spacial score (nSPS) is 17.2. The Hall–Kier alpha value is -14.7. The Kier molecular flexibility index (Phi) is 25.0. The van der Waals surface area contributed by atoms with Crippen molar-refractivity contribution in [1.29, 1.82) is 0 Å². The zero-order valence-corrected chi connectivity index (χ0v) is 64.0. The van der Waals surface area contributed by atoms with Crippen LogP contribution < -0.4 is 55.0 Å². The number of nitrogens with zero attached hydrogens (tertiary/aromatic N) is 9. The lowest BCUT2D eigenvalue weighted by Crippen LogP contribution is -2.49. The van der Waals surface area contributed by atoms with Gasteiger partial charge in [0.15, 0.2) is 17.5 Å².